The second-order valence-electron chi connectivity index (χ2n) is 4.00. The van der Waals surface area contributed by atoms with Crippen LogP contribution < -0.4 is 5.32 Å². The van der Waals surface area contributed by atoms with Gasteiger partial charge in [-0.05, 0) is 44.5 Å². The molecule has 16 heavy (non-hydrogen) atoms. The van der Waals surface area contributed by atoms with Gasteiger partial charge in [-0.1, -0.05) is 27.6 Å². The molecule has 1 aromatic carbocycles. The fourth-order valence-electron chi connectivity index (χ4n) is 1.63. The summed E-state index contributed by atoms with van der Waals surface area (Å²) in [5, 5.41) is 3.24. The van der Waals surface area contributed by atoms with Crippen LogP contribution in [0.2, 0.25) is 0 Å². The van der Waals surface area contributed by atoms with Crippen molar-refractivity contribution in [2.24, 2.45) is 0 Å². The zero-order valence-corrected chi connectivity index (χ0v) is 11.3. The van der Waals surface area contributed by atoms with Crippen molar-refractivity contribution < 1.29 is 4.39 Å². The molecule has 0 radical (unpaired) electrons. The van der Waals surface area contributed by atoms with E-state index in [9.17, 15) is 4.39 Å². The van der Waals surface area contributed by atoms with E-state index in [1.54, 1.807) is 0 Å². The Morgan fingerprint density at radius 1 is 1.56 bits per heavy atom. The van der Waals surface area contributed by atoms with Crippen molar-refractivity contribution in [2.75, 3.05) is 7.05 Å². The highest BCUT2D eigenvalue weighted by Gasteiger charge is 2.12. The predicted molar refractivity (Wildman–Crippen MR) is 69.9 cm³/mol. The molecule has 0 bridgehead atoms. The van der Waals surface area contributed by atoms with E-state index in [4.69, 9.17) is 0 Å². The summed E-state index contributed by atoms with van der Waals surface area (Å²) >= 11 is 3.39. The van der Waals surface area contributed by atoms with Crippen LogP contribution in [0.4, 0.5) is 4.39 Å². The number of rotatable bonds is 5. The van der Waals surface area contributed by atoms with Crippen LogP contribution in [0.3, 0.4) is 0 Å². The topological polar surface area (TPSA) is 12.0 Å². The molecule has 0 aromatic heterocycles. The van der Waals surface area contributed by atoms with Gasteiger partial charge >= 0.3 is 0 Å². The Morgan fingerprint density at radius 3 is 2.75 bits per heavy atom. The van der Waals surface area contributed by atoms with Crippen LogP contribution in [0.15, 0.2) is 34.8 Å². The van der Waals surface area contributed by atoms with E-state index in [1.807, 2.05) is 20.0 Å². The minimum Gasteiger partial charge on any atom is -0.313 e. The van der Waals surface area contributed by atoms with E-state index in [0.29, 0.717) is 0 Å². The molecule has 0 amide bonds. The van der Waals surface area contributed by atoms with Gasteiger partial charge < -0.3 is 5.32 Å². The van der Waals surface area contributed by atoms with Gasteiger partial charge in [0, 0.05) is 10.5 Å². The lowest BCUT2D eigenvalue weighted by Gasteiger charge is -2.18. The van der Waals surface area contributed by atoms with Crippen molar-refractivity contribution in [1.29, 1.82) is 0 Å². The maximum absolute atomic E-state index is 13.0. The van der Waals surface area contributed by atoms with E-state index in [2.05, 4.69) is 27.8 Å². The summed E-state index contributed by atoms with van der Waals surface area (Å²) in [5.74, 6) is -0.217. The SMILES string of the molecule is C=C(C)CCC(NC)c1ccc(F)cc1Br. The van der Waals surface area contributed by atoms with E-state index in [-0.39, 0.29) is 11.9 Å². The van der Waals surface area contributed by atoms with Crippen LogP contribution in [0.1, 0.15) is 31.4 Å². The van der Waals surface area contributed by atoms with Gasteiger partial charge in [-0.25, -0.2) is 4.39 Å². The third-order valence-electron chi connectivity index (χ3n) is 2.55. The van der Waals surface area contributed by atoms with Gasteiger partial charge in [-0.3, -0.25) is 0 Å². The first kappa shape index (κ1) is 13.4. The fraction of sp³-hybridized carbons (Fsp3) is 0.385. The van der Waals surface area contributed by atoms with Crippen molar-refractivity contribution in [3.63, 3.8) is 0 Å². The summed E-state index contributed by atoms with van der Waals surface area (Å²) < 4.78 is 13.8. The Labute approximate surface area is 105 Å². The average molecular weight is 286 g/mol. The third kappa shape index (κ3) is 3.72. The maximum Gasteiger partial charge on any atom is 0.124 e. The molecular formula is C13H17BrFN. The molecule has 3 heteroatoms. The van der Waals surface area contributed by atoms with Crippen LogP contribution in [-0.4, -0.2) is 7.05 Å². The normalized spacial score (nSPS) is 12.5. The zero-order valence-electron chi connectivity index (χ0n) is 9.69. The summed E-state index contributed by atoms with van der Waals surface area (Å²) in [5.41, 5.74) is 2.25. The molecule has 1 rings (SSSR count). The first-order valence-corrected chi connectivity index (χ1v) is 6.10. The van der Waals surface area contributed by atoms with E-state index in [0.717, 1.165) is 22.9 Å². The second kappa shape index (κ2) is 6.16. The first-order valence-electron chi connectivity index (χ1n) is 5.31. The van der Waals surface area contributed by atoms with Gasteiger partial charge in [-0.15, -0.1) is 6.58 Å². The molecule has 0 spiro atoms. The molecule has 1 unspecified atom stereocenters. The van der Waals surface area contributed by atoms with Crippen LogP contribution in [0.25, 0.3) is 0 Å². The first-order chi connectivity index (χ1) is 7.54. The van der Waals surface area contributed by atoms with Gasteiger partial charge in [0.1, 0.15) is 5.82 Å². The number of benzene rings is 1. The van der Waals surface area contributed by atoms with E-state index < -0.39 is 0 Å². The third-order valence-corrected chi connectivity index (χ3v) is 3.23. The van der Waals surface area contributed by atoms with Gasteiger partial charge in [0.15, 0.2) is 0 Å². The summed E-state index contributed by atoms with van der Waals surface area (Å²) in [4.78, 5) is 0. The van der Waals surface area contributed by atoms with Gasteiger partial charge in [0.2, 0.25) is 0 Å². The molecule has 1 nitrogen and oxygen atoms in total. The number of hydrogen-bond acceptors (Lipinski definition) is 1. The van der Waals surface area contributed by atoms with Crippen LogP contribution >= 0.6 is 15.9 Å². The Bertz CT molecular complexity index is 376. The van der Waals surface area contributed by atoms with Crippen LogP contribution in [-0.2, 0) is 0 Å². The molecule has 0 saturated heterocycles. The Hall–Kier alpha value is -0.670. The molecule has 0 fully saturated rings. The van der Waals surface area contributed by atoms with Crippen LogP contribution in [0, 0.1) is 5.82 Å². The number of hydrogen-bond donors (Lipinski definition) is 1. The van der Waals surface area contributed by atoms with Gasteiger partial charge in [-0.2, -0.15) is 0 Å². The number of allylic oxidation sites excluding steroid dienone is 1. The van der Waals surface area contributed by atoms with Gasteiger partial charge in [0.05, 0.1) is 0 Å². The minimum atomic E-state index is -0.217. The smallest absolute Gasteiger partial charge is 0.124 e. The summed E-state index contributed by atoms with van der Waals surface area (Å²) in [6.45, 7) is 5.91. The number of halogens is 2. The molecule has 88 valence electrons. The zero-order chi connectivity index (χ0) is 12.1. The summed E-state index contributed by atoms with van der Waals surface area (Å²) in [6, 6.07) is 5.04. The Balaban J connectivity index is 2.82. The molecule has 1 aromatic rings. The highest BCUT2D eigenvalue weighted by Crippen LogP contribution is 2.27. The molecule has 0 heterocycles. The van der Waals surface area contributed by atoms with Crippen molar-refractivity contribution in [2.45, 2.75) is 25.8 Å². The molecular weight excluding hydrogens is 269 g/mol. The molecule has 0 aliphatic rings. The summed E-state index contributed by atoms with van der Waals surface area (Å²) in [7, 11) is 1.92. The van der Waals surface area contributed by atoms with Crippen molar-refractivity contribution in [3.05, 3.63) is 46.2 Å². The average Bonchev–Trinajstić information content (AvgIpc) is 2.21. The Morgan fingerprint density at radius 2 is 2.25 bits per heavy atom. The fourth-order valence-corrected chi connectivity index (χ4v) is 2.26. The second-order valence-corrected chi connectivity index (χ2v) is 4.86. The Kier molecular flexibility index (Phi) is 5.16. The number of nitrogens with one attached hydrogen (secondary N) is 1. The van der Waals surface area contributed by atoms with E-state index in [1.165, 1.54) is 17.7 Å². The predicted octanol–water partition coefficient (Wildman–Crippen LogP) is 4.21. The molecule has 0 saturated carbocycles. The maximum atomic E-state index is 13.0. The largest absolute Gasteiger partial charge is 0.313 e. The van der Waals surface area contributed by atoms with Crippen molar-refractivity contribution >= 4 is 15.9 Å². The summed E-state index contributed by atoms with van der Waals surface area (Å²) in [6.07, 6.45) is 1.94. The lowest BCUT2D eigenvalue weighted by molar-refractivity contribution is 0.543. The highest BCUT2D eigenvalue weighted by molar-refractivity contribution is 9.10. The monoisotopic (exact) mass is 285 g/mol. The van der Waals surface area contributed by atoms with Crippen molar-refractivity contribution in [1.82, 2.24) is 5.32 Å². The molecule has 1 N–H and O–H groups in total. The molecule has 0 aliphatic heterocycles. The quantitative estimate of drug-likeness (QED) is 0.800. The van der Waals surface area contributed by atoms with Crippen molar-refractivity contribution in [3.8, 4) is 0 Å². The van der Waals surface area contributed by atoms with Crippen LogP contribution in [0.5, 0.6) is 0 Å². The lowest BCUT2D eigenvalue weighted by atomic mass is 10.00. The minimum absolute atomic E-state index is 0.217. The van der Waals surface area contributed by atoms with Gasteiger partial charge in [0.25, 0.3) is 0 Å². The lowest BCUT2D eigenvalue weighted by Crippen LogP contribution is -2.17. The van der Waals surface area contributed by atoms with E-state index >= 15 is 0 Å². The standard InChI is InChI=1S/C13H17BrFN/c1-9(2)4-7-13(16-3)11-6-5-10(15)8-12(11)14/h5-6,8,13,16H,1,4,7H2,2-3H3. The highest BCUT2D eigenvalue weighted by atomic mass is 79.9. The molecule has 1 atom stereocenters. The molecule has 0 aliphatic carbocycles.